The van der Waals surface area contributed by atoms with Gasteiger partial charge >= 0.3 is 0 Å². The van der Waals surface area contributed by atoms with Crippen molar-refractivity contribution in [1.82, 2.24) is 19.7 Å². The third-order valence-electron chi connectivity index (χ3n) is 1.96. The van der Waals surface area contributed by atoms with Crippen molar-refractivity contribution in [3.8, 4) is 11.6 Å². The van der Waals surface area contributed by atoms with E-state index in [0.717, 1.165) is 0 Å². The number of hydrogen-bond acceptors (Lipinski definition) is 4. The summed E-state index contributed by atoms with van der Waals surface area (Å²) < 4.78 is 8.10. The van der Waals surface area contributed by atoms with Gasteiger partial charge in [-0.2, -0.15) is 5.10 Å². The molecule has 0 saturated heterocycles. The first-order chi connectivity index (χ1) is 7.66. The lowest BCUT2D eigenvalue weighted by Gasteiger charge is -2.04. The summed E-state index contributed by atoms with van der Waals surface area (Å²) in [5.74, 6) is 1.14. The van der Waals surface area contributed by atoms with Crippen molar-refractivity contribution in [3.63, 3.8) is 0 Å². The van der Waals surface area contributed by atoms with Gasteiger partial charge in [0.2, 0.25) is 5.88 Å². The molecule has 0 fully saturated rings. The molecular formula is C10H11BrN4O. The van der Waals surface area contributed by atoms with Crippen LogP contribution in [0.1, 0.15) is 19.9 Å². The Morgan fingerprint density at radius 2 is 2.19 bits per heavy atom. The topological polar surface area (TPSA) is 52.8 Å². The molecular weight excluding hydrogens is 272 g/mol. The molecule has 5 nitrogen and oxygen atoms in total. The number of aromatic nitrogens is 4. The second-order valence-electron chi connectivity index (χ2n) is 3.53. The molecule has 0 amide bonds. The Balaban J connectivity index is 2.18. The van der Waals surface area contributed by atoms with Crippen LogP contribution in [0.25, 0.3) is 0 Å². The normalized spacial score (nSPS) is 10.8. The standard InChI is InChI=1S/C10H11BrN4O/c1-7(2)15-5-8(3-14-15)16-10-9(11)4-12-6-13-10/h3-7H,1-2H3. The summed E-state index contributed by atoms with van der Waals surface area (Å²) in [6, 6.07) is 0.311. The van der Waals surface area contributed by atoms with Gasteiger partial charge in [0.15, 0.2) is 5.75 Å². The van der Waals surface area contributed by atoms with Gasteiger partial charge in [-0.25, -0.2) is 9.97 Å². The minimum absolute atomic E-state index is 0.311. The van der Waals surface area contributed by atoms with Crippen LogP contribution in [0, 0.1) is 0 Å². The molecule has 0 N–H and O–H groups in total. The van der Waals surface area contributed by atoms with Crippen molar-refractivity contribution in [1.29, 1.82) is 0 Å². The van der Waals surface area contributed by atoms with Crippen molar-refractivity contribution in [2.75, 3.05) is 0 Å². The summed E-state index contributed by atoms with van der Waals surface area (Å²) in [5, 5.41) is 4.17. The first kappa shape index (κ1) is 11.1. The molecule has 2 rings (SSSR count). The van der Waals surface area contributed by atoms with Crippen LogP contribution in [0.5, 0.6) is 11.6 Å². The Morgan fingerprint density at radius 3 is 2.81 bits per heavy atom. The largest absolute Gasteiger partial charge is 0.434 e. The highest BCUT2D eigenvalue weighted by atomic mass is 79.9. The molecule has 0 saturated carbocycles. The fraction of sp³-hybridized carbons (Fsp3) is 0.300. The molecule has 0 aliphatic carbocycles. The highest BCUT2D eigenvalue weighted by Crippen LogP contribution is 2.26. The molecule has 0 bridgehead atoms. The van der Waals surface area contributed by atoms with E-state index in [0.29, 0.717) is 22.1 Å². The van der Waals surface area contributed by atoms with Crippen molar-refractivity contribution >= 4 is 15.9 Å². The zero-order valence-electron chi connectivity index (χ0n) is 8.96. The molecule has 2 heterocycles. The third kappa shape index (κ3) is 2.38. The summed E-state index contributed by atoms with van der Waals surface area (Å²) in [6.45, 7) is 4.11. The monoisotopic (exact) mass is 282 g/mol. The van der Waals surface area contributed by atoms with Gasteiger partial charge in [0.05, 0.1) is 16.9 Å². The predicted molar refractivity (Wildman–Crippen MR) is 62.4 cm³/mol. The van der Waals surface area contributed by atoms with Crippen molar-refractivity contribution in [2.45, 2.75) is 19.9 Å². The lowest BCUT2D eigenvalue weighted by Crippen LogP contribution is -1.99. The third-order valence-corrected chi connectivity index (χ3v) is 2.50. The van der Waals surface area contributed by atoms with Gasteiger partial charge in [0, 0.05) is 12.2 Å². The van der Waals surface area contributed by atoms with Crippen LogP contribution in [-0.4, -0.2) is 19.7 Å². The highest BCUT2D eigenvalue weighted by molar-refractivity contribution is 9.10. The quantitative estimate of drug-likeness (QED) is 0.869. The molecule has 16 heavy (non-hydrogen) atoms. The van der Waals surface area contributed by atoms with Crippen molar-refractivity contribution < 1.29 is 4.74 Å². The fourth-order valence-electron chi connectivity index (χ4n) is 1.14. The Morgan fingerprint density at radius 1 is 1.38 bits per heavy atom. The van der Waals surface area contributed by atoms with Gasteiger partial charge in [-0.05, 0) is 29.8 Å². The van der Waals surface area contributed by atoms with E-state index in [9.17, 15) is 0 Å². The maximum atomic E-state index is 5.56. The minimum atomic E-state index is 0.311. The molecule has 2 aromatic heterocycles. The summed E-state index contributed by atoms with van der Waals surface area (Å²) >= 11 is 3.31. The fourth-order valence-corrected chi connectivity index (χ4v) is 1.45. The number of rotatable bonds is 3. The summed E-state index contributed by atoms with van der Waals surface area (Å²) in [5.41, 5.74) is 0. The van der Waals surface area contributed by atoms with E-state index in [1.54, 1.807) is 12.4 Å². The molecule has 0 atom stereocenters. The predicted octanol–water partition coefficient (Wildman–Crippen LogP) is 2.81. The molecule has 2 aromatic rings. The van der Waals surface area contributed by atoms with Crippen molar-refractivity contribution in [2.24, 2.45) is 0 Å². The zero-order chi connectivity index (χ0) is 11.5. The molecule has 0 aliphatic rings. The van der Waals surface area contributed by atoms with E-state index in [2.05, 4.69) is 44.8 Å². The first-order valence-electron chi connectivity index (χ1n) is 4.84. The van der Waals surface area contributed by atoms with Gasteiger partial charge in [0.1, 0.15) is 6.33 Å². The van der Waals surface area contributed by atoms with Crippen LogP contribution >= 0.6 is 15.9 Å². The lowest BCUT2D eigenvalue weighted by atomic mass is 10.4. The Kier molecular flexibility index (Phi) is 3.19. The van der Waals surface area contributed by atoms with E-state index in [1.165, 1.54) is 6.33 Å². The van der Waals surface area contributed by atoms with E-state index < -0.39 is 0 Å². The van der Waals surface area contributed by atoms with E-state index in [4.69, 9.17) is 4.74 Å². The smallest absolute Gasteiger partial charge is 0.236 e. The second-order valence-corrected chi connectivity index (χ2v) is 4.38. The average molecular weight is 283 g/mol. The molecule has 0 radical (unpaired) electrons. The minimum Gasteiger partial charge on any atom is -0.434 e. The summed E-state index contributed by atoms with van der Waals surface area (Å²) in [4.78, 5) is 7.87. The number of nitrogens with zero attached hydrogens (tertiary/aromatic N) is 4. The SMILES string of the molecule is CC(C)n1cc(Oc2ncncc2Br)cn1. The van der Waals surface area contributed by atoms with Crippen LogP contribution in [0.3, 0.4) is 0 Å². The van der Waals surface area contributed by atoms with Crippen molar-refractivity contribution in [3.05, 3.63) is 29.4 Å². The van der Waals surface area contributed by atoms with Crippen LogP contribution < -0.4 is 4.74 Å². The molecule has 0 spiro atoms. The van der Waals surface area contributed by atoms with E-state index >= 15 is 0 Å². The number of ether oxygens (including phenoxy) is 1. The van der Waals surface area contributed by atoms with Crippen LogP contribution in [0.4, 0.5) is 0 Å². The Hall–Kier alpha value is -1.43. The maximum absolute atomic E-state index is 5.56. The Labute approximate surface area is 102 Å². The van der Waals surface area contributed by atoms with Gasteiger partial charge < -0.3 is 4.74 Å². The lowest BCUT2D eigenvalue weighted by molar-refractivity contribution is 0.454. The van der Waals surface area contributed by atoms with E-state index in [1.807, 2.05) is 10.9 Å². The average Bonchev–Trinajstić information content (AvgIpc) is 2.70. The maximum Gasteiger partial charge on any atom is 0.236 e. The van der Waals surface area contributed by atoms with Crippen LogP contribution in [-0.2, 0) is 0 Å². The van der Waals surface area contributed by atoms with Gasteiger partial charge in [-0.1, -0.05) is 0 Å². The zero-order valence-corrected chi connectivity index (χ0v) is 10.5. The van der Waals surface area contributed by atoms with Crippen LogP contribution in [0.2, 0.25) is 0 Å². The molecule has 6 heteroatoms. The van der Waals surface area contributed by atoms with Gasteiger partial charge in [-0.3, -0.25) is 4.68 Å². The Bertz CT molecular complexity index is 483. The second kappa shape index (κ2) is 4.61. The van der Waals surface area contributed by atoms with Crippen LogP contribution in [0.15, 0.2) is 29.4 Å². The number of halogens is 1. The molecule has 84 valence electrons. The van der Waals surface area contributed by atoms with Gasteiger partial charge in [-0.15, -0.1) is 0 Å². The summed E-state index contributed by atoms with van der Waals surface area (Å²) in [7, 11) is 0. The number of hydrogen-bond donors (Lipinski definition) is 0. The van der Waals surface area contributed by atoms with Gasteiger partial charge in [0.25, 0.3) is 0 Å². The molecule has 0 aromatic carbocycles. The molecule has 0 unspecified atom stereocenters. The summed E-state index contributed by atoms with van der Waals surface area (Å²) in [6.07, 6.45) is 6.57. The highest BCUT2D eigenvalue weighted by Gasteiger charge is 2.07. The first-order valence-corrected chi connectivity index (χ1v) is 5.63. The van der Waals surface area contributed by atoms with E-state index in [-0.39, 0.29) is 0 Å². The molecule has 0 aliphatic heterocycles.